The summed E-state index contributed by atoms with van der Waals surface area (Å²) < 4.78 is 26.1. The molecule has 0 radical (unpaired) electrons. The number of hydrogen-bond acceptors (Lipinski definition) is 2. The molecule has 3 nitrogen and oxygen atoms in total. The summed E-state index contributed by atoms with van der Waals surface area (Å²) >= 11 is 0. The van der Waals surface area contributed by atoms with Gasteiger partial charge in [-0.2, -0.15) is 0 Å². The lowest BCUT2D eigenvalue weighted by Crippen LogP contribution is -2.48. The van der Waals surface area contributed by atoms with Gasteiger partial charge in [0.1, 0.15) is 5.41 Å². The number of aliphatic carboxylic acids is 1. The molecule has 0 amide bonds. The largest absolute Gasteiger partial charge is 0.481 e. The van der Waals surface area contributed by atoms with Gasteiger partial charge >= 0.3 is 5.97 Å². The summed E-state index contributed by atoms with van der Waals surface area (Å²) in [6.45, 7) is 2.66. The molecule has 1 N–H and O–H groups in total. The number of hydrogen-bond donors (Lipinski definition) is 1. The average Bonchev–Trinajstić information content (AvgIpc) is 2.39. The maximum absolute atomic E-state index is 13.0. The van der Waals surface area contributed by atoms with Crippen molar-refractivity contribution in [2.24, 2.45) is 5.41 Å². The highest BCUT2D eigenvalue weighted by molar-refractivity contribution is 5.76. The summed E-state index contributed by atoms with van der Waals surface area (Å²) in [4.78, 5) is 13.1. The molecule has 1 aromatic rings. The highest BCUT2D eigenvalue weighted by Gasteiger charge is 2.49. The van der Waals surface area contributed by atoms with E-state index in [1.54, 1.807) is 0 Å². The fourth-order valence-corrected chi connectivity index (χ4v) is 2.59. The average molecular weight is 269 g/mol. The highest BCUT2D eigenvalue weighted by Crippen LogP contribution is 2.39. The molecule has 1 heterocycles. The number of halogens is 2. The Bertz CT molecular complexity index is 468. The van der Waals surface area contributed by atoms with Gasteiger partial charge in [-0.1, -0.05) is 18.2 Å². The molecule has 0 aromatic heterocycles. The van der Waals surface area contributed by atoms with E-state index in [2.05, 4.69) is 0 Å². The predicted octanol–water partition coefficient (Wildman–Crippen LogP) is 2.93. The van der Waals surface area contributed by atoms with Gasteiger partial charge in [0.2, 0.25) is 0 Å². The Hall–Kier alpha value is -1.65. The Morgan fingerprint density at radius 2 is 1.89 bits per heavy atom. The molecule has 1 aliphatic rings. The van der Waals surface area contributed by atoms with Gasteiger partial charge in [-0.3, -0.25) is 4.79 Å². The number of carboxylic acid groups (broad SMARTS) is 1. The number of carbonyl (C=O) groups is 1. The molecule has 104 valence electrons. The molecule has 19 heavy (non-hydrogen) atoms. The van der Waals surface area contributed by atoms with Crippen LogP contribution in [-0.4, -0.2) is 30.6 Å². The van der Waals surface area contributed by atoms with E-state index in [9.17, 15) is 13.6 Å². The van der Waals surface area contributed by atoms with Crippen LogP contribution in [0.1, 0.15) is 18.4 Å². The van der Waals surface area contributed by atoms with Crippen molar-refractivity contribution in [2.45, 2.75) is 26.2 Å². The van der Waals surface area contributed by atoms with Crippen LogP contribution in [0, 0.1) is 12.3 Å². The van der Waals surface area contributed by atoms with Gasteiger partial charge in [0.05, 0.1) is 0 Å². The first-order valence-corrected chi connectivity index (χ1v) is 6.29. The summed E-state index contributed by atoms with van der Waals surface area (Å²) in [5, 5.41) is 9.07. The fraction of sp³-hybridized carbons (Fsp3) is 0.500. The van der Waals surface area contributed by atoms with Crippen LogP contribution in [0.5, 0.6) is 0 Å². The normalized spacial score (nSPS) is 18.6. The molecule has 0 bridgehead atoms. The van der Waals surface area contributed by atoms with Crippen molar-refractivity contribution in [3.63, 3.8) is 0 Å². The van der Waals surface area contributed by atoms with E-state index in [1.807, 2.05) is 36.1 Å². The van der Waals surface area contributed by atoms with E-state index >= 15 is 0 Å². The van der Waals surface area contributed by atoms with Crippen molar-refractivity contribution in [1.82, 2.24) is 0 Å². The quantitative estimate of drug-likeness (QED) is 0.917. The van der Waals surface area contributed by atoms with Crippen molar-refractivity contribution >= 4 is 11.7 Å². The molecule has 1 saturated heterocycles. The minimum Gasteiger partial charge on any atom is -0.481 e. The summed E-state index contributed by atoms with van der Waals surface area (Å²) in [7, 11) is 0. The van der Waals surface area contributed by atoms with E-state index in [0.717, 1.165) is 11.3 Å². The molecule has 0 aliphatic carbocycles. The minimum atomic E-state index is -2.82. The highest BCUT2D eigenvalue weighted by atomic mass is 19.3. The first kappa shape index (κ1) is 13.8. The summed E-state index contributed by atoms with van der Waals surface area (Å²) in [6, 6.07) is 7.71. The Balaban J connectivity index is 2.15. The fourth-order valence-electron chi connectivity index (χ4n) is 2.59. The lowest BCUT2D eigenvalue weighted by atomic mass is 9.78. The van der Waals surface area contributed by atoms with E-state index in [1.165, 1.54) is 0 Å². The Morgan fingerprint density at radius 1 is 1.32 bits per heavy atom. The summed E-state index contributed by atoms with van der Waals surface area (Å²) in [6.07, 6.45) is -2.85. The van der Waals surface area contributed by atoms with Crippen LogP contribution in [0.2, 0.25) is 0 Å². The lowest BCUT2D eigenvalue weighted by molar-refractivity contribution is -0.161. The molecule has 0 unspecified atom stereocenters. The van der Waals surface area contributed by atoms with Crippen LogP contribution in [0.4, 0.5) is 14.5 Å². The zero-order chi connectivity index (χ0) is 14.0. The second-order valence-corrected chi connectivity index (χ2v) is 5.04. The van der Waals surface area contributed by atoms with E-state index in [0.29, 0.717) is 13.1 Å². The topological polar surface area (TPSA) is 40.5 Å². The zero-order valence-electron chi connectivity index (χ0n) is 10.8. The van der Waals surface area contributed by atoms with Crippen molar-refractivity contribution in [2.75, 3.05) is 18.0 Å². The standard InChI is InChI=1S/C14H17F2NO2/c1-10-4-2-3-5-11(10)17-8-6-14(7-9-17,12(15)16)13(18)19/h2-5,12H,6-9H2,1H3,(H,18,19). The summed E-state index contributed by atoms with van der Waals surface area (Å²) in [5.74, 6) is -1.38. The summed E-state index contributed by atoms with van der Waals surface area (Å²) in [5.41, 5.74) is 0.192. The lowest BCUT2D eigenvalue weighted by Gasteiger charge is -2.39. The van der Waals surface area contributed by atoms with E-state index < -0.39 is 17.8 Å². The van der Waals surface area contributed by atoms with Crippen LogP contribution in [0.3, 0.4) is 0 Å². The predicted molar refractivity (Wildman–Crippen MR) is 68.7 cm³/mol. The van der Waals surface area contributed by atoms with E-state index in [4.69, 9.17) is 5.11 Å². The maximum Gasteiger partial charge on any atom is 0.315 e. The smallest absolute Gasteiger partial charge is 0.315 e. The van der Waals surface area contributed by atoms with Crippen LogP contribution in [-0.2, 0) is 4.79 Å². The number of carboxylic acids is 1. The number of benzene rings is 1. The Labute approximate surface area is 110 Å². The van der Waals surface area contributed by atoms with Crippen molar-refractivity contribution in [3.05, 3.63) is 29.8 Å². The second kappa shape index (κ2) is 5.15. The van der Waals surface area contributed by atoms with Gasteiger partial charge in [0.25, 0.3) is 6.43 Å². The molecular formula is C14H17F2NO2. The number of aryl methyl sites for hydroxylation is 1. The van der Waals surface area contributed by atoms with Crippen LogP contribution >= 0.6 is 0 Å². The first-order valence-electron chi connectivity index (χ1n) is 6.29. The van der Waals surface area contributed by atoms with E-state index in [-0.39, 0.29) is 12.8 Å². The maximum atomic E-state index is 13.0. The van der Waals surface area contributed by atoms with Gasteiger partial charge in [-0.15, -0.1) is 0 Å². The van der Waals surface area contributed by atoms with Crippen molar-refractivity contribution < 1.29 is 18.7 Å². The molecule has 2 rings (SSSR count). The number of nitrogens with zero attached hydrogens (tertiary/aromatic N) is 1. The molecule has 5 heteroatoms. The van der Waals surface area contributed by atoms with Gasteiger partial charge in [0.15, 0.2) is 0 Å². The molecular weight excluding hydrogens is 252 g/mol. The molecule has 0 atom stereocenters. The van der Waals surface area contributed by atoms with Crippen LogP contribution in [0.25, 0.3) is 0 Å². The Kier molecular flexibility index (Phi) is 3.73. The molecule has 0 spiro atoms. The second-order valence-electron chi connectivity index (χ2n) is 5.04. The Morgan fingerprint density at radius 3 is 2.37 bits per heavy atom. The zero-order valence-corrected chi connectivity index (χ0v) is 10.8. The third kappa shape index (κ3) is 2.41. The molecule has 1 fully saturated rings. The SMILES string of the molecule is Cc1ccccc1N1CCC(C(=O)O)(C(F)F)CC1. The minimum absolute atomic E-state index is 0.0195. The van der Waals surface area contributed by atoms with Crippen molar-refractivity contribution in [1.29, 1.82) is 0 Å². The monoisotopic (exact) mass is 269 g/mol. The third-order valence-electron chi connectivity index (χ3n) is 3.96. The van der Waals surface area contributed by atoms with Crippen molar-refractivity contribution in [3.8, 4) is 0 Å². The third-order valence-corrected chi connectivity index (χ3v) is 3.96. The molecule has 1 aromatic carbocycles. The van der Waals surface area contributed by atoms with Crippen LogP contribution < -0.4 is 4.90 Å². The first-order chi connectivity index (χ1) is 8.97. The van der Waals surface area contributed by atoms with Gasteiger partial charge in [0, 0.05) is 18.8 Å². The van der Waals surface area contributed by atoms with Gasteiger partial charge in [-0.25, -0.2) is 8.78 Å². The van der Waals surface area contributed by atoms with Crippen LogP contribution in [0.15, 0.2) is 24.3 Å². The number of anilines is 1. The van der Waals surface area contributed by atoms with Gasteiger partial charge in [-0.05, 0) is 31.4 Å². The number of rotatable bonds is 3. The number of para-hydroxylation sites is 1. The molecule has 1 aliphatic heterocycles. The number of piperidine rings is 1. The molecule has 0 saturated carbocycles. The van der Waals surface area contributed by atoms with Gasteiger partial charge < -0.3 is 10.0 Å². The number of alkyl halides is 2.